The number of rotatable bonds is 5. The molecule has 1 aromatic heterocycles. The summed E-state index contributed by atoms with van der Waals surface area (Å²) in [4.78, 5) is 12.1. The average Bonchev–Trinajstić information content (AvgIpc) is 3.17. The highest BCUT2D eigenvalue weighted by Crippen LogP contribution is 2.21. The molecule has 5 nitrogen and oxygen atoms in total. The molecule has 2 N–H and O–H groups in total. The van der Waals surface area contributed by atoms with Crippen molar-refractivity contribution >= 4 is 17.3 Å². The molecule has 1 unspecified atom stereocenters. The van der Waals surface area contributed by atoms with E-state index in [2.05, 4.69) is 10.6 Å². The quantitative estimate of drug-likeness (QED) is 0.891. The van der Waals surface area contributed by atoms with Gasteiger partial charge >= 0.3 is 0 Å². The van der Waals surface area contributed by atoms with Crippen LogP contribution in [0.4, 0.5) is 15.8 Å². The third-order valence-corrected chi connectivity index (χ3v) is 3.95. The van der Waals surface area contributed by atoms with Crippen LogP contribution in [0.1, 0.15) is 23.3 Å². The number of aromatic nitrogens is 1. The maximum atomic E-state index is 14.1. The Morgan fingerprint density at radius 1 is 1.43 bits per heavy atom. The summed E-state index contributed by atoms with van der Waals surface area (Å²) in [5.41, 5.74) is 1.36. The number of carbonyl (C=O) groups is 1. The lowest BCUT2D eigenvalue weighted by molar-refractivity contribution is 0.101. The van der Waals surface area contributed by atoms with E-state index in [0.717, 1.165) is 19.4 Å². The third-order valence-electron chi connectivity index (χ3n) is 3.95. The van der Waals surface area contributed by atoms with Gasteiger partial charge in [0.2, 0.25) is 0 Å². The molecule has 1 fully saturated rings. The summed E-state index contributed by atoms with van der Waals surface area (Å²) in [6, 6.07) is 8.13. The Kier molecular flexibility index (Phi) is 4.62. The van der Waals surface area contributed by atoms with Gasteiger partial charge in [-0.05, 0) is 43.2 Å². The van der Waals surface area contributed by atoms with E-state index in [1.165, 1.54) is 6.07 Å². The van der Waals surface area contributed by atoms with Gasteiger partial charge in [-0.1, -0.05) is 0 Å². The van der Waals surface area contributed by atoms with E-state index < -0.39 is 5.82 Å². The Morgan fingerprint density at radius 3 is 2.96 bits per heavy atom. The molecule has 1 amide bonds. The second-order valence-corrected chi connectivity index (χ2v) is 5.67. The van der Waals surface area contributed by atoms with Crippen molar-refractivity contribution in [3.8, 4) is 0 Å². The first-order chi connectivity index (χ1) is 11.1. The van der Waals surface area contributed by atoms with Crippen LogP contribution < -0.4 is 10.6 Å². The number of anilines is 2. The molecule has 122 valence electrons. The number of hydrogen-bond donors (Lipinski definition) is 2. The van der Waals surface area contributed by atoms with E-state index in [0.29, 0.717) is 23.6 Å². The first-order valence-electron chi connectivity index (χ1n) is 7.71. The van der Waals surface area contributed by atoms with Crippen LogP contribution in [0.2, 0.25) is 0 Å². The van der Waals surface area contributed by atoms with Crippen LogP contribution in [0, 0.1) is 5.82 Å². The van der Waals surface area contributed by atoms with E-state index in [9.17, 15) is 9.18 Å². The van der Waals surface area contributed by atoms with Crippen LogP contribution in [0.5, 0.6) is 0 Å². The van der Waals surface area contributed by atoms with Crippen LogP contribution in [0.25, 0.3) is 0 Å². The lowest BCUT2D eigenvalue weighted by Gasteiger charge is -2.13. The fraction of sp³-hybridized carbons (Fsp3) is 0.353. The van der Waals surface area contributed by atoms with Crippen molar-refractivity contribution in [1.82, 2.24) is 4.57 Å². The summed E-state index contributed by atoms with van der Waals surface area (Å²) >= 11 is 0. The lowest BCUT2D eigenvalue weighted by atomic mass is 10.2. The number of halogens is 1. The molecule has 0 saturated carbocycles. The summed E-state index contributed by atoms with van der Waals surface area (Å²) in [5, 5.41) is 5.75. The van der Waals surface area contributed by atoms with Gasteiger partial charge in [0.25, 0.3) is 5.91 Å². The molecule has 23 heavy (non-hydrogen) atoms. The zero-order valence-electron chi connectivity index (χ0n) is 13.0. The first-order valence-corrected chi connectivity index (χ1v) is 7.71. The molecule has 1 saturated heterocycles. The normalized spacial score (nSPS) is 17.2. The van der Waals surface area contributed by atoms with Crippen LogP contribution in [0.15, 0.2) is 36.5 Å². The van der Waals surface area contributed by atoms with Gasteiger partial charge in [-0.3, -0.25) is 4.79 Å². The monoisotopic (exact) mass is 317 g/mol. The maximum Gasteiger partial charge on any atom is 0.272 e. The van der Waals surface area contributed by atoms with Crippen LogP contribution in [0.3, 0.4) is 0 Å². The number of carbonyl (C=O) groups excluding carboxylic acids is 1. The van der Waals surface area contributed by atoms with E-state index in [4.69, 9.17) is 4.74 Å². The highest BCUT2D eigenvalue weighted by molar-refractivity contribution is 6.03. The molecule has 0 aliphatic carbocycles. The van der Waals surface area contributed by atoms with Crippen LogP contribution >= 0.6 is 0 Å². The number of amides is 1. The average molecular weight is 317 g/mol. The fourth-order valence-electron chi connectivity index (χ4n) is 2.66. The standard InChI is InChI=1S/C17H20FN3O2/c1-21-8-2-5-16(21)17(22)20-12-6-7-15(14(18)10-12)19-11-13-4-3-9-23-13/h2,5-8,10,13,19H,3-4,9,11H2,1H3,(H,20,22). The third kappa shape index (κ3) is 3.71. The Morgan fingerprint density at radius 2 is 2.30 bits per heavy atom. The van der Waals surface area contributed by atoms with Crippen LogP contribution in [-0.4, -0.2) is 29.7 Å². The smallest absolute Gasteiger partial charge is 0.272 e. The zero-order chi connectivity index (χ0) is 16.2. The SMILES string of the molecule is Cn1cccc1C(=O)Nc1ccc(NCC2CCCO2)c(F)c1. The van der Waals surface area contributed by atoms with Gasteiger partial charge in [0, 0.05) is 32.1 Å². The van der Waals surface area contributed by atoms with Crippen molar-refractivity contribution in [2.45, 2.75) is 18.9 Å². The van der Waals surface area contributed by atoms with Gasteiger partial charge in [0.15, 0.2) is 0 Å². The van der Waals surface area contributed by atoms with Crippen molar-refractivity contribution in [3.63, 3.8) is 0 Å². The van der Waals surface area contributed by atoms with Crippen molar-refractivity contribution in [2.24, 2.45) is 7.05 Å². The van der Waals surface area contributed by atoms with Gasteiger partial charge in [0.1, 0.15) is 11.5 Å². The van der Waals surface area contributed by atoms with E-state index in [1.807, 2.05) is 0 Å². The Labute approximate surface area is 134 Å². The minimum absolute atomic E-state index is 0.145. The summed E-state index contributed by atoms with van der Waals surface area (Å²) in [5.74, 6) is -0.662. The number of nitrogens with zero attached hydrogens (tertiary/aromatic N) is 1. The van der Waals surface area contributed by atoms with E-state index in [-0.39, 0.29) is 12.0 Å². The molecular formula is C17H20FN3O2. The number of benzene rings is 1. The molecule has 0 radical (unpaired) electrons. The molecule has 6 heteroatoms. The summed E-state index contributed by atoms with van der Waals surface area (Å²) in [6.07, 6.45) is 3.98. The van der Waals surface area contributed by atoms with Crippen molar-refractivity contribution in [3.05, 3.63) is 48.0 Å². The number of hydrogen-bond acceptors (Lipinski definition) is 3. The molecule has 1 atom stereocenters. The maximum absolute atomic E-state index is 14.1. The van der Waals surface area contributed by atoms with Crippen molar-refractivity contribution in [1.29, 1.82) is 0 Å². The molecule has 1 aromatic carbocycles. The number of aryl methyl sites for hydroxylation is 1. The topological polar surface area (TPSA) is 55.3 Å². The first kappa shape index (κ1) is 15.6. The molecule has 3 rings (SSSR count). The molecule has 1 aliphatic rings. The minimum Gasteiger partial charge on any atom is -0.380 e. The molecule has 2 heterocycles. The zero-order valence-corrected chi connectivity index (χ0v) is 13.0. The second-order valence-electron chi connectivity index (χ2n) is 5.67. The van der Waals surface area contributed by atoms with Crippen molar-refractivity contribution < 1.29 is 13.9 Å². The predicted molar refractivity (Wildman–Crippen MR) is 87.2 cm³/mol. The number of ether oxygens (including phenoxy) is 1. The Balaban J connectivity index is 1.62. The highest BCUT2D eigenvalue weighted by Gasteiger charge is 2.16. The van der Waals surface area contributed by atoms with Gasteiger partial charge < -0.3 is 19.9 Å². The van der Waals surface area contributed by atoms with Gasteiger partial charge in [0.05, 0.1) is 11.8 Å². The predicted octanol–water partition coefficient (Wildman–Crippen LogP) is 3.01. The Hall–Kier alpha value is -2.34. The molecular weight excluding hydrogens is 297 g/mol. The number of nitrogens with one attached hydrogen (secondary N) is 2. The van der Waals surface area contributed by atoms with Crippen LogP contribution in [-0.2, 0) is 11.8 Å². The molecule has 2 aromatic rings. The summed E-state index contributed by atoms with van der Waals surface area (Å²) in [7, 11) is 1.79. The largest absolute Gasteiger partial charge is 0.380 e. The van der Waals surface area contributed by atoms with Gasteiger partial charge in [-0.2, -0.15) is 0 Å². The molecule has 0 bridgehead atoms. The Bertz CT molecular complexity index is 693. The van der Waals surface area contributed by atoms with E-state index in [1.54, 1.807) is 42.1 Å². The summed E-state index contributed by atoms with van der Waals surface area (Å²) in [6.45, 7) is 1.37. The highest BCUT2D eigenvalue weighted by atomic mass is 19.1. The fourth-order valence-corrected chi connectivity index (χ4v) is 2.66. The lowest BCUT2D eigenvalue weighted by Crippen LogP contribution is -2.19. The minimum atomic E-state index is -0.396. The van der Waals surface area contributed by atoms with E-state index >= 15 is 0 Å². The second kappa shape index (κ2) is 6.83. The molecule has 1 aliphatic heterocycles. The van der Waals surface area contributed by atoms with Gasteiger partial charge in [-0.25, -0.2) is 4.39 Å². The van der Waals surface area contributed by atoms with Crippen molar-refractivity contribution in [2.75, 3.05) is 23.8 Å². The molecule has 0 spiro atoms. The van der Waals surface area contributed by atoms with Gasteiger partial charge in [-0.15, -0.1) is 0 Å². The summed E-state index contributed by atoms with van der Waals surface area (Å²) < 4.78 is 21.3.